The van der Waals surface area contributed by atoms with Gasteiger partial charge in [-0.15, -0.1) is 0 Å². The summed E-state index contributed by atoms with van der Waals surface area (Å²) in [5, 5.41) is 17.3. The molecule has 1 unspecified atom stereocenters. The van der Waals surface area contributed by atoms with Gasteiger partial charge >= 0.3 is 0 Å². The average molecular weight is 483 g/mol. The van der Waals surface area contributed by atoms with Crippen molar-refractivity contribution in [3.8, 4) is 0 Å². The first-order valence-corrected chi connectivity index (χ1v) is 12.9. The summed E-state index contributed by atoms with van der Waals surface area (Å²) in [6, 6.07) is 13.1. The van der Waals surface area contributed by atoms with Crippen LogP contribution in [0.4, 0.5) is 5.69 Å². The summed E-state index contributed by atoms with van der Waals surface area (Å²) in [7, 11) is 4.18. The summed E-state index contributed by atoms with van der Waals surface area (Å²) in [6.07, 6.45) is 3.33. The van der Waals surface area contributed by atoms with Crippen molar-refractivity contribution < 1.29 is 9.84 Å². The maximum Gasteiger partial charge on any atom is 0.146 e. The van der Waals surface area contributed by atoms with E-state index in [1.807, 2.05) is 17.8 Å². The molecular weight excluding hydrogens is 452 g/mol. The van der Waals surface area contributed by atoms with Gasteiger partial charge in [0, 0.05) is 68.4 Å². The third-order valence-electron chi connectivity index (χ3n) is 5.83. The molecule has 5 rings (SSSR count). The molecule has 8 heteroatoms. The van der Waals surface area contributed by atoms with E-state index < -0.39 is 6.23 Å². The lowest BCUT2D eigenvalue weighted by molar-refractivity contribution is 0.0541. The fourth-order valence-electron chi connectivity index (χ4n) is 4.12. The van der Waals surface area contributed by atoms with E-state index in [0.717, 1.165) is 62.0 Å². The molecule has 2 aromatic carbocycles. The Kier molecular flexibility index (Phi) is 6.89. The van der Waals surface area contributed by atoms with E-state index in [1.54, 1.807) is 11.8 Å². The van der Waals surface area contributed by atoms with Gasteiger partial charge in [0.05, 0.1) is 13.2 Å². The number of anilines is 1. The van der Waals surface area contributed by atoms with Crippen molar-refractivity contribution in [1.82, 2.24) is 15.1 Å². The maximum absolute atomic E-state index is 10.5. The highest BCUT2D eigenvalue weighted by atomic mass is 32.2. The van der Waals surface area contributed by atoms with Gasteiger partial charge in [0.2, 0.25) is 0 Å². The number of likely N-dealkylation sites (N-methyl/N-ethyl adjacent to an activating group) is 1. The van der Waals surface area contributed by atoms with Gasteiger partial charge in [-0.05, 0) is 50.5 Å². The summed E-state index contributed by atoms with van der Waals surface area (Å²) >= 11 is 3.62. The quantitative estimate of drug-likeness (QED) is 0.491. The van der Waals surface area contributed by atoms with Crippen LogP contribution in [0.15, 0.2) is 73.8 Å². The Balaban J connectivity index is 1.39. The van der Waals surface area contributed by atoms with Crippen molar-refractivity contribution >= 4 is 34.9 Å². The van der Waals surface area contributed by atoms with E-state index in [0.29, 0.717) is 0 Å². The second kappa shape index (κ2) is 10.0. The van der Waals surface area contributed by atoms with Crippen LogP contribution in [0, 0.1) is 0 Å². The topological polar surface area (TPSA) is 60.0 Å². The van der Waals surface area contributed by atoms with E-state index >= 15 is 0 Å². The fraction of sp³-hybridized carbons (Fsp3) is 0.360. The lowest BCUT2D eigenvalue weighted by Gasteiger charge is -2.33. The molecule has 33 heavy (non-hydrogen) atoms. The van der Waals surface area contributed by atoms with Crippen LogP contribution in [0.5, 0.6) is 0 Å². The van der Waals surface area contributed by atoms with E-state index in [1.165, 1.54) is 19.6 Å². The number of dihydropyridines is 1. The summed E-state index contributed by atoms with van der Waals surface area (Å²) in [4.78, 5) is 9.48. The molecule has 0 aliphatic carbocycles. The monoisotopic (exact) mass is 482 g/mol. The normalized spacial score (nSPS) is 19.9. The summed E-state index contributed by atoms with van der Waals surface area (Å²) in [5.74, 6) is 0. The molecule has 3 aliphatic heterocycles. The third kappa shape index (κ3) is 5.20. The molecule has 0 radical (unpaired) electrons. The lowest BCUT2D eigenvalue weighted by Crippen LogP contribution is -2.38. The second-order valence-electron chi connectivity index (χ2n) is 8.57. The van der Waals surface area contributed by atoms with Crippen LogP contribution in [0.25, 0.3) is 5.70 Å². The van der Waals surface area contributed by atoms with Crippen molar-refractivity contribution in [3.05, 3.63) is 59.8 Å². The van der Waals surface area contributed by atoms with Crippen molar-refractivity contribution in [2.45, 2.75) is 25.8 Å². The van der Waals surface area contributed by atoms with Gasteiger partial charge in [-0.2, -0.15) is 0 Å². The van der Waals surface area contributed by atoms with Gasteiger partial charge in [-0.3, -0.25) is 0 Å². The number of allylic oxidation sites excluding steroid dienone is 1. The van der Waals surface area contributed by atoms with E-state index in [9.17, 15) is 5.11 Å². The molecule has 6 nitrogen and oxygen atoms in total. The van der Waals surface area contributed by atoms with Crippen molar-refractivity contribution in [3.63, 3.8) is 0 Å². The first-order valence-electron chi connectivity index (χ1n) is 11.3. The van der Waals surface area contributed by atoms with Gasteiger partial charge in [0.15, 0.2) is 0 Å². The fourth-order valence-corrected chi connectivity index (χ4v) is 6.53. The van der Waals surface area contributed by atoms with Crippen LogP contribution in [-0.4, -0.2) is 74.6 Å². The minimum absolute atomic E-state index is 0.706. The predicted molar refractivity (Wildman–Crippen MR) is 136 cm³/mol. The Morgan fingerprint density at radius 2 is 1.97 bits per heavy atom. The zero-order valence-corrected chi connectivity index (χ0v) is 20.6. The summed E-state index contributed by atoms with van der Waals surface area (Å²) in [6.45, 7) is 5.06. The highest BCUT2D eigenvalue weighted by Crippen LogP contribution is 2.51. The van der Waals surface area contributed by atoms with Gasteiger partial charge in [0.1, 0.15) is 6.23 Å². The van der Waals surface area contributed by atoms with Crippen molar-refractivity contribution in [1.29, 1.82) is 0 Å². The smallest absolute Gasteiger partial charge is 0.146 e. The molecule has 3 aliphatic rings. The van der Waals surface area contributed by atoms with Crippen LogP contribution in [-0.2, 0) is 4.74 Å². The number of nitrogens with one attached hydrogen (secondary N) is 2. The SMILES string of the molecule is CN(C)CCNc1ccc2c(c1)Sc1cccc(C3=CC(N4CCOCC4)=CC(O)N3)c1S2. The van der Waals surface area contributed by atoms with Crippen molar-refractivity contribution in [2.24, 2.45) is 0 Å². The highest BCUT2D eigenvalue weighted by molar-refractivity contribution is 8.05. The number of rotatable bonds is 6. The molecule has 0 amide bonds. The number of aliphatic hydroxyl groups excluding tert-OH is 1. The Hall–Kier alpha value is -2.10. The number of benzene rings is 2. The molecule has 1 atom stereocenters. The number of hydrogen-bond acceptors (Lipinski definition) is 8. The second-order valence-corrected chi connectivity index (χ2v) is 10.7. The minimum atomic E-state index is -0.706. The van der Waals surface area contributed by atoms with Crippen molar-refractivity contribution in [2.75, 3.05) is 58.8 Å². The Labute approximate surface area is 204 Å². The zero-order chi connectivity index (χ0) is 22.8. The first kappa shape index (κ1) is 22.7. The molecule has 3 heterocycles. The number of ether oxygens (including phenoxy) is 1. The Morgan fingerprint density at radius 1 is 1.12 bits per heavy atom. The van der Waals surface area contributed by atoms with E-state index in [4.69, 9.17) is 4.74 Å². The molecule has 0 bridgehead atoms. The molecular formula is C25H30N4O2S2. The number of hydrogen-bond donors (Lipinski definition) is 3. The third-order valence-corrected chi connectivity index (χ3v) is 8.43. The number of fused-ring (bicyclic) bond motifs is 2. The first-order chi connectivity index (χ1) is 16.1. The minimum Gasteiger partial charge on any atom is -0.384 e. The molecule has 2 aromatic rings. The Morgan fingerprint density at radius 3 is 2.79 bits per heavy atom. The molecule has 0 aromatic heterocycles. The summed E-state index contributed by atoms with van der Waals surface area (Å²) < 4.78 is 5.50. The molecule has 0 spiro atoms. The van der Waals surface area contributed by atoms with Crippen LogP contribution in [0.2, 0.25) is 0 Å². The van der Waals surface area contributed by atoms with E-state index in [-0.39, 0.29) is 0 Å². The zero-order valence-electron chi connectivity index (χ0n) is 19.0. The average Bonchev–Trinajstić information content (AvgIpc) is 2.82. The number of aliphatic hydroxyl groups is 1. The maximum atomic E-state index is 10.5. The summed E-state index contributed by atoms with van der Waals surface area (Å²) in [5.41, 5.74) is 4.30. The van der Waals surface area contributed by atoms with Crippen LogP contribution in [0.3, 0.4) is 0 Å². The molecule has 1 fully saturated rings. The van der Waals surface area contributed by atoms with Crippen LogP contribution >= 0.6 is 23.5 Å². The van der Waals surface area contributed by atoms with E-state index in [2.05, 4.69) is 77.0 Å². The highest BCUT2D eigenvalue weighted by Gasteiger charge is 2.25. The predicted octanol–water partition coefficient (Wildman–Crippen LogP) is 3.75. The van der Waals surface area contributed by atoms with Gasteiger partial charge < -0.3 is 30.3 Å². The molecule has 174 valence electrons. The molecule has 0 saturated carbocycles. The van der Waals surface area contributed by atoms with Crippen LogP contribution in [0.1, 0.15) is 5.56 Å². The van der Waals surface area contributed by atoms with Gasteiger partial charge in [-0.25, -0.2) is 0 Å². The Bertz CT molecular complexity index is 1080. The number of nitrogens with zero attached hydrogens (tertiary/aromatic N) is 2. The van der Waals surface area contributed by atoms with Gasteiger partial charge in [-0.1, -0.05) is 35.7 Å². The molecule has 1 saturated heterocycles. The lowest BCUT2D eigenvalue weighted by atomic mass is 10.1. The molecule has 3 N–H and O–H groups in total. The number of morpholine rings is 1. The van der Waals surface area contributed by atoms with Crippen LogP contribution < -0.4 is 10.6 Å². The standard InChI is InChI=1S/C25H30N4O2S2/c1-28(2)9-8-26-17-6-7-21-23(14-17)32-22-5-3-4-19(25(22)33-21)20-15-18(16-24(30)27-20)29-10-12-31-13-11-29/h3-7,14-16,24,26-27,30H,8-13H2,1-2H3. The largest absolute Gasteiger partial charge is 0.384 e. The van der Waals surface area contributed by atoms with Gasteiger partial charge in [0.25, 0.3) is 0 Å².